The van der Waals surface area contributed by atoms with Crippen molar-refractivity contribution < 1.29 is 0 Å². The number of benzene rings is 1. The third-order valence-corrected chi connectivity index (χ3v) is 3.43. The van der Waals surface area contributed by atoms with Crippen LogP contribution in [0.3, 0.4) is 0 Å². The van der Waals surface area contributed by atoms with E-state index in [9.17, 15) is 0 Å². The van der Waals surface area contributed by atoms with E-state index in [1.807, 2.05) is 18.2 Å². The zero-order valence-corrected chi connectivity index (χ0v) is 8.27. The first-order chi connectivity index (χ1) is 5.86. The third kappa shape index (κ3) is 2.51. The molecular weight excluding hydrogens is 160 g/mol. The molecule has 0 fully saturated rings. The van der Waals surface area contributed by atoms with E-state index >= 15 is 0 Å². The minimum absolute atomic E-state index is 0.263. The van der Waals surface area contributed by atoms with Crippen LogP contribution in [0.5, 0.6) is 0 Å². The second-order valence-electron chi connectivity index (χ2n) is 2.63. The Labute approximate surface area is 76.5 Å². The Balaban J connectivity index is 2.62. The van der Waals surface area contributed by atoms with Gasteiger partial charge in [0.15, 0.2) is 0 Å². The van der Waals surface area contributed by atoms with Gasteiger partial charge in [0.25, 0.3) is 0 Å². The van der Waals surface area contributed by atoms with Crippen LogP contribution in [0.4, 0.5) is 0 Å². The van der Waals surface area contributed by atoms with Crippen LogP contribution in [0.1, 0.15) is 0 Å². The van der Waals surface area contributed by atoms with Gasteiger partial charge in [0.05, 0.1) is 9.52 Å². The van der Waals surface area contributed by atoms with E-state index in [4.69, 9.17) is 0 Å². The minimum atomic E-state index is 0.263. The second-order valence-corrected chi connectivity index (χ2v) is 4.40. The van der Waals surface area contributed by atoms with E-state index in [0.29, 0.717) is 5.54 Å². The summed E-state index contributed by atoms with van der Waals surface area (Å²) in [6, 6.07) is 10.5. The van der Waals surface area contributed by atoms with Gasteiger partial charge in [-0.15, -0.1) is 13.2 Å². The summed E-state index contributed by atoms with van der Waals surface area (Å²) >= 11 is 0. The van der Waals surface area contributed by atoms with Crippen molar-refractivity contribution in [1.82, 2.24) is 0 Å². The molecule has 0 aromatic heterocycles. The fraction of sp³-hybridized carbons (Fsp3) is 0.0909. The maximum atomic E-state index is 3.78. The second kappa shape index (κ2) is 4.73. The molecule has 0 aliphatic heterocycles. The summed E-state index contributed by atoms with van der Waals surface area (Å²) in [6.07, 6.45) is 3.94. The third-order valence-electron chi connectivity index (χ3n) is 1.73. The van der Waals surface area contributed by atoms with E-state index in [2.05, 4.69) is 37.4 Å². The molecule has 1 rings (SSSR count). The molecule has 0 nitrogen and oxygen atoms in total. The fourth-order valence-electron chi connectivity index (χ4n) is 1.02. The molecule has 1 heteroatoms. The first kappa shape index (κ1) is 9.01. The molecule has 0 aliphatic rings. The lowest BCUT2D eigenvalue weighted by Gasteiger charge is -2.04. The largest absolute Gasteiger partial charge is 0.103 e. The quantitative estimate of drug-likeness (QED) is 0.482. The van der Waals surface area contributed by atoms with E-state index in [0.717, 1.165) is 0 Å². The normalized spacial score (nSPS) is 9.75. The monoisotopic (exact) mass is 173 g/mol. The Morgan fingerprint density at radius 2 is 1.67 bits per heavy atom. The Morgan fingerprint density at radius 3 is 2.17 bits per heavy atom. The molecule has 0 spiro atoms. The van der Waals surface area contributed by atoms with Crippen molar-refractivity contribution in [2.24, 2.45) is 0 Å². The molecule has 61 valence electrons. The average molecular weight is 173 g/mol. The lowest BCUT2D eigenvalue weighted by Crippen LogP contribution is -2.16. The van der Waals surface area contributed by atoms with Crippen molar-refractivity contribution in [3.63, 3.8) is 0 Å². The topological polar surface area (TPSA) is 0 Å². The molecule has 1 aromatic carbocycles. The molecule has 0 saturated heterocycles. The van der Waals surface area contributed by atoms with Gasteiger partial charge in [0.1, 0.15) is 0 Å². The van der Waals surface area contributed by atoms with Crippen molar-refractivity contribution >= 4 is 14.7 Å². The van der Waals surface area contributed by atoms with Crippen LogP contribution in [-0.4, -0.2) is 9.52 Å². The van der Waals surface area contributed by atoms with Gasteiger partial charge < -0.3 is 0 Å². The van der Waals surface area contributed by atoms with Crippen molar-refractivity contribution in [3.8, 4) is 0 Å². The number of allylic oxidation sites excluding steroid dienone is 2. The lowest BCUT2D eigenvalue weighted by molar-refractivity contribution is 1.38. The predicted octanol–water partition coefficient (Wildman–Crippen LogP) is 1.91. The van der Waals surface area contributed by atoms with E-state index in [-0.39, 0.29) is 9.52 Å². The summed E-state index contributed by atoms with van der Waals surface area (Å²) in [5.41, 5.74) is 0.479. The van der Waals surface area contributed by atoms with Crippen LogP contribution in [0.25, 0.3) is 0 Å². The Bertz CT molecular complexity index is 243. The summed E-state index contributed by atoms with van der Waals surface area (Å²) in [6.45, 7) is 7.56. The van der Waals surface area contributed by atoms with Gasteiger partial charge in [-0.2, -0.15) is 0 Å². The van der Waals surface area contributed by atoms with Gasteiger partial charge >= 0.3 is 0 Å². The maximum Gasteiger partial charge on any atom is 0.0787 e. The maximum absolute atomic E-state index is 3.78. The first-order valence-electron chi connectivity index (χ1n) is 4.02. The van der Waals surface area contributed by atoms with Gasteiger partial charge in [0, 0.05) is 0 Å². The molecular formula is C11H13Si. The predicted molar refractivity (Wildman–Crippen MR) is 57.4 cm³/mol. The van der Waals surface area contributed by atoms with Crippen LogP contribution >= 0.6 is 0 Å². The van der Waals surface area contributed by atoms with Gasteiger partial charge in [0.2, 0.25) is 0 Å². The summed E-state index contributed by atoms with van der Waals surface area (Å²) in [5.74, 6) is 0. The smallest absolute Gasteiger partial charge is 0.0787 e. The number of hydrogen-bond donors (Lipinski definition) is 0. The molecule has 0 amide bonds. The molecule has 12 heavy (non-hydrogen) atoms. The highest BCUT2D eigenvalue weighted by Crippen LogP contribution is 2.03. The molecule has 1 aromatic rings. The summed E-state index contributed by atoms with van der Waals surface area (Å²) < 4.78 is 0. The molecule has 0 atom stereocenters. The minimum Gasteiger partial charge on any atom is -0.103 e. The highest BCUT2D eigenvalue weighted by molar-refractivity contribution is 6.56. The SMILES string of the molecule is C=CC(C=C)[SiH]c1ccccc1. The van der Waals surface area contributed by atoms with Gasteiger partial charge in [-0.25, -0.2) is 0 Å². The first-order valence-corrected chi connectivity index (χ1v) is 5.26. The molecule has 0 unspecified atom stereocenters. The fourth-order valence-corrected chi connectivity index (χ4v) is 2.18. The molecule has 0 heterocycles. The van der Waals surface area contributed by atoms with Gasteiger partial charge in [-0.3, -0.25) is 0 Å². The van der Waals surface area contributed by atoms with Gasteiger partial charge in [-0.05, 0) is 5.54 Å². The van der Waals surface area contributed by atoms with Gasteiger partial charge in [-0.1, -0.05) is 47.7 Å². The Morgan fingerprint density at radius 1 is 1.08 bits per heavy atom. The number of hydrogen-bond acceptors (Lipinski definition) is 0. The van der Waals surface area contributed by atoms with Crippen LogP contribution in [-0.2, 0) is 0 Å². The van der Waals surface area contributed by atoms with Crippen molar-refractivity contribution in [2.75, 3.05) is 0 Å². The highest BCUT2D eigenvalue weighted by Gasteiger charge is 2.00. The number of rotatable bonds is 4. The molecule has 1 radical (unpaired) electrons. The summed E-state index contributed by atoms with van der Waals surface area (Å²) in [5, 5.41) is 1.42. The standard InChI is InChI=1S/C11H13Si/c1-3-10(4-2)12-11-8-6-5-7-9-11/h3-10,12H,1-2H2. The Hall–Kier alpha value is -1.08. The highest BCUT2D eigenvalue weighted by atomic mass is 28.2. The van der Waals surface area contributed by atoms with Crippen LogP contribution in [0.15, 0.2) is 55.6 Å². The molecule has 0 bridgehead atoms. The van der Waals surface area contributed by atoms with E-state index < -0.39 is 0 Å². The zero-order chi connectivity index (χ0) is 8.81. The van der Waals surface area contributed by atoms with Crippen LogP contribution in [0, 0.1) is 0 Å². The molecule has 0 N–H and O–H groups in total. The van der Waals surface area contributed by atoms with Crippen molar-refractivity contribution in [3.05, 3.63) is 55.6 Å². The van der Waals surface area contributed by atoms with Crippen molar-refractivity contribution in [2.45, 2.75) is 5.54 Å². The average Bonchev–Trinajstić information content (AvgIpc) is 2.16. The molecule has 0 aliphatic carbocycles. The van der Waals surface area contributed by atoms with E-state index in [1.165, 1.54) is 5.19 Å². The van der Waals surface area contributed by atoms with E-state index in [1.54, 1.807) is 0 Å². The summed E-state index contributed by atoms with van der Waals surface area (Å²) in [4.78, 5) is 0. The van der Waals surface area contributed by atoms with Crippen LogP contribution in [0.2, 0.25) is 5.54 Å². The van der Waals surface area contributed by atoms with Crippen molar-refractivity contribution in [1.29, 1.82) is 0 Å². The zero-order valence-electron chi connectivity index (χ0n) is 7.11. The lowest BCUT2D eigenvalue weighted by atomic mass is 10.4. The molecule has 0 saturated carbocycles. The van der Waals surface area contributed by atoms with Crippen LogP contribution < -0.4 is 5.19 Å². The summed E-state index contributed by atoms with van der Waals surface area (Å²) in [7, 11) is 0.263. The Kier molecular flexibility index (Phi) is 3.55.